The second kappa shape index (κ2) is 6.34. The number of rotatable bonds is 4. The molecule has 1 aromatic carbocycles. The van der Waals surface area contributed by atoms with Crippen LogP contribution < -0.4 is 10.2 Å². The van der Waals surface area contributed by atoms with E-state index in [2.05, 4.69) is 5.32 Å². The van der Waals surface area contributed by atoms with Gasteiger partial charge in [0.2, 0.25) is 11.8 Å². The zero-order valence-corrected chi connectivity index (χ0v) is 11.8. The third kappa shape index (κ3) is 3.56. The number of nitro benzene ring substituents is 1. The highest BCUT2D eigenvalue weighted by Gasteiger charge is 2.24. The summed E-state index contributed by atoms with van der Waals surface area (Å²) in [4.78, 5) is 35.0. The van der Waals surface area contributed by atoms with Crippen molar-refractivity contribution in [1.29, 1.82) is 0 Å². The van der Waals surface area contributed by atoms with Crippen molar-refractivity contribution in [2.24, 2.45) is 0 Å². The van der Waals surface area contributed by atoms with E-state index >= 15 is 0 Å². The molecule has 1 aliphatic heterocycles. The minimum absolute atomic E-state index is 0.0182. The van der Waals surface area contributed by atoms with Crippen molar-refractivity contribution in [1.82, 2.24) is 5.32 Å². The fourth-order valence-corrected chi connectivity index (χ4v) is 2.42. The lowest BCUT2D eigenvalue weighted by atomic mass is 10.0. The van der Waals surface area contributed by atoms with Crippen molar-refractivity contribution in [2.75, 3.05) is 18.0 Å². The Morgan fingerprint density at radius 2 is 2.19 bits per heavy atom. The Balaban J connectivity index is 2.16. The van der Waals surface area contributed by atoms with Crippen LogP contribution >= 0.6 is 0 Å². The molecule has 1 heterocycles. The van der Waals surface area contributed by atoms with E-state index in [1.54, 1.807) is 11.0 Å². The Morgan fingerprint density at radius 3 is 2.86 bits per heavy atom. The maximum atomic E-state index is 12.2. The molecule has 2 rings (SSSR count). The Morgan fingerprint density at radius 1 is 1.43 bits per heavy atom. The number of hydrogen-bond donors (Lipinski definition) is 1. The number of hydrogen-bond acceptors (Lipinski definition) is 4. The largest absolute Gasteiger partial charge is 0.356 e. The average molecular weight is 291 g/mol. The molecule has 0 bridgehead atoms. The average Bonchev–Trinajstić information content (AvgIpc) is 2.45. The molecule has 0 aliphatic carbocycles. The number of anilines is 1. The summed E-state index contributed by atoms with van der Waals surface area (Å²) in [6.07, 6.45) is 1.82. The van der Waals surface area contributed by atoms with E-state index in [-0.39, 0.29) is 30.5 Å². The third-order valence-electron chi connectivity index (χ3n) is 3.41. The first-order valence-electron chi connectivity index (χ1n) is 6.81. The maximum Gasteiger partial charge on any atom is 0.271 e. The molecule has 1 aliphatic rings. The van der Waals surface area contributed by atoms with Gasteiger partial charge in [-0.3, -0.25) is 19.7 Å². The van der Waals surface area contributed by atoms with E-state index in [1.807, 2.05) is 0 Å². The molecule has 0 saturated heterocycles. The van der Waals surface area contributed by atoms with Gasteiger partial charge in [-0.25, -0.2) is 0 Å². The topological polar surface area (TPSA) is 92.6 Å². The number of amides is 2. The summed E-state index contributed by atoms with van der Waals surface area (Å²) in [5.41, 5.74) is 1.54. The summed E-state index contributed by atoms with van der Waals surface area (Å²) in [5, 5.41) is 13.4. The Bertz CT molecular complexity index is 586. The lowest BCUT2D eigenvalue weighted by Crippen LogP contribution is -2.37. The van der Waals surface area contributed by atoms with Crippen LogP contribution in [0.3, 0.4) is 0 Å². The lowest BCUT2D eigenvalue weighted by Gasteiger charge is -2.29. The van der Waals surface area contributed by atoms with Gasteiger partial charge in [0.1, 0.15) is 0 Å². The highest BCUT2D eigenvalue weighted by atomic mass is 16.6. The van der Waals surface area contributed by atoms with E-state index in [4.69, 9.17) is 0 Å². The van der Waals surface area contributed by atoms with Gasteiger partial charge in [-0.1, -0.05) is 6.07 Å². The lowest BCUT2D eigenvalue weighted by molar-refractivity contribution is -0.384. The Hall–Kier alpha value is -2.44. The summed E-state index contributed by atoms with van der Waals surface area (Å²) >= 11 is 0. The van der Waals surface area contributed by atoms with Crippen molar-refractivity contribution in [3.8, 4) is 0 Å². The first-order chi connectivity index (χ1) is 9.99. The number of aryl methyl sites for hydroxylation is 1. The predicted molar refractivity (Wildman–Crippen MR) is 77.1 cm³/mol. The molecule has 1 N–H and O–H groups in total. The predicted octanol–water partition coefficient (Wildman–Crippen LogP) is 1.40. The first-order valence-corrected chi connectivity index (χ1v) is 6.81. The van der Waals surface area contributed by atoms with Gasteiger partial charge in [0, 0.05) is 38.6 Å². The number of carbonyl (C=O) groups is 2. The zero-order chi connectivity index (χ0) is 15.4. The number of nitrogens with zero attached hydrogens (tertiary/aromatic N) is 2. The van der Waals surface area contributed by atoms with Crippen molar-refractivity contribution >= 4 is 23.2 Å². The molecule has 0 aromatic heterocycles. The molecule has 112 valence electrons. The molecule has 21 heavy (non-hydrogen) atoms. The standard InChI is InChI=1S/C14H17N3O4/c1-10(18)15-7-6-14(19)16-8-2-3-11-4-5-12(17(20)21)9-13(11)16/h4-5,9H,2-3,6-8H2,1H3,(H,15,18). The van der Waals surface area contributed by atoms with Crippen LogP contribution in [0.1, 0.15) is 25.3 Å². The van der Waals surface area contributed by atoms with Crippen LogP contribution in [0.5, 0.6) is 0 Å². The molecule has 0 radical (unpaired) electrons. The second-order valence-corrected chi connectivity index (χ2v) is 4.95. The number of nitrogens with one attached hydrogen (secondary N) is 1. The molecule has 0 unspecified atom stereocenters. The minimum atomic E-state index is -0.463. The van der Waals surface area contributed by atoms with Crippen molar-refractivity contribution in [3.63, 3.8) is 0 Å². The summed E-state index contributed by atoms with van der Waals surface area (Å²) in [7, 11) is 0. The van der Waals surface area contributed by atoms with Gasteiger partial charge in [0.15, 0.2) is 0 Å². The number of non-ortho nitro benzene ring substituents is 1. The molecule has 0 spiro atoms. The summed E-state index contributed by atoms with van der Waals surface area (Å²) in [6, 6.07) is 4.62. The van der Waals surface area contributed by atoms with E-state index in [0.717, 1.165) is 18.4 Å². The Labute approximate surface area is 122 Å². The maximum absolute atomic E-state index is 12.2. The number of nitro groups is 1. The fourth-order valence-electron chi connectivity index (χ4n) is 2.42. The van der Waals surface area contributed by atoms with Crippen LogP contribution in [0.2, 0.25) is 0 Å². The molecule has 0 saturated carbocycles. The van der Waals surface area contributed by atoms with Gasteiger partial charge < -0.3 is 10.2 Å². The van der Waals surface area contributed by atoms with Crippen molar-refractivity contribution < 1.29 is 14.5 Å². The SMILES string of the molecule is CC(=O)NCCC(=O)N1CCCc2ccc([N+](=O)[O-])cc21. The van der Waals surface area contributed by atoms with Gasteiger partial charge in [-0.2, -0.15) is 0 Å². The van der Waals surface area contributed by atoms with Gasteiger partial charge in [-0.05, 0) is 18.4 Å². The fraction of sp³-hybridized carbons (Fsp3) is 0.429. The summed E-state index contributed by atoms with van der Waals surface area (Å²) in [5.74, 6) is -0.317. The quantitative estimate of drug-likeness (QED) is 0.670. The second-order valence-electron chi connectivity index (χ2n) is 4.95. The highest BCUT2D eigenvalue weighted by Crippen LogP contribution is 2.31. The summed E-state index contributed by atoms with van der Waals surface area (Å²) < 4.78 is 0. The molecule has 0 atom stereocenters. The Kier molecular flexibility index (Phi) is 4.52. The van der Waals surface area contributed by atoms with Crippen LogP contribution in [0.15, 0.2) is 18.2 Å². The van der Waals surface area contributed by atoms with Crippen LogP contribution in [-0.4, -0.2) is 29.8 Å². The smallest absolute Gasteiger partial charge is 0.271 e. The monoisotopic (exact) mass is 291 g/mol. The van der Waals surface area contributed by atoms with Crippen molar-refractivity contribution in [2.45, 2.75) is 26.2 Å². The van der Waals surface area contributed by atoms with E-state index in [9.17, 15) is 19.7 Å². The van der Waals surface area contributed by atoms with Crippen LogP contribution in [-0.2, 0) is 16.0 Å². The molecule has 7 heteroatoms. The molecule has 7 nitrogen and oxygen atoms in total. The van der Waals surface area contributed by atoms with Gasteiger partial charge in [-0.15, -0.1) is 0 Å². The minimum Gasteiger partial charge on any atom is -0.356 e. The molecular formula is C14H17N3O4. The highest BCUT2D eigenvalue weighted by molar-refractivity contribution is 5.95. The third-order valence-corrected chi connectivity index (χ3v) is 3.41. The van der Waals surface area contributed by atoms with E-state index in [0.29, 0.717) is 12.2 Å². The van der Waals surface area contributed by atoms with Crippen molar-refractivity contribution in [3.05, 3.63) is 33.9 Å². The van der Waals surface area contributed by atoms with E-state index in [1.165, 1.54) is 19.1 Å². The zero-order valence-electron chi connectivity index (χ0n) is 11.8. The molecule has 1 aromatic rings. The number of benzene rings is 1. The normalized spacial score (nSPS) is 13.5. The summed E-state index contributed by atoms with van der Waals surface area (Å²) in [6.45, 7) is 2.21. The number of fused-ring (bicyclic) bond motifs is 1. The van der Waals surface area contributed by atoms with Gasteiger partial charge in [0.05, 0.1) is 10.6 Å². The van der Waals surface area contributed by atoms with Gasteiger partial charge in [0.25, 0.3) is 5.69 Å². The van der Waals surface area contributed by atoms with Gasteiger partial charge >= 0.3 is 0 Å². The van der Waals surface area contributed by atoms with E-state index < -0.39 is 4.92 Å². The molecule has 0 fully saturated rings. The molecular weight excluding hydrogens is 274 g/mol. The van der Waals surface area contributed by atoms with Crippen LogP contribution in [0.25, 0.3) is 0 Å². The molecule has 2 amide bonds. The van der Waals surface area contributed by atoms with Crippen LogP contribution in [0.4, 0.5) is 11.4 Å². The number of carbonyl (C=O) groups excluding carboxylic acids is 2. The van der Waals surface area contributed by atoms with Crippen LogP contribution in [0, 0.1) is 10.1 Å². The first kappa shape index (κ1) is 15.0.